The van der Waals surface area contributed by atoms with Crippen LogP contribution in [0.4, 0.5) is 0 Å². The average Bonchev–Trinajstić information content (AvgIpc) is 2.32. The van der Waals surface area contributed by atoms with Gasteiger partial charge in [-0.1, -0.05) is 19.1 Å². The highest BCUT2D eigenvalue weighted by Crippen LogP contribution is 2.24. The first-order valence-corrected chi connectivity index (χ1v) is 6.22. The number of benzene rings is 1. The monoisotopic (exact) mass is 229 g/mol. The van der Waals surface area contributed by atoms with Crippen molar-refractivity contribution in [2.24, 2.45) is 0 Å². The van der Waals surface area contributed by atoms with Crippen LogP contribution in [0.1, 0.15) is 31.0 Å². The largest absolute Gasteiger partial charge is 0.314 e. The summed E-state index contributed by atoms with van der Waals surface area (Å²) < 4.78 is 0. The van der Waals surface area contributed by atoms with E-state index in [-0.39, 0.29) is 0 Å². The lowest BCUT2D eigenvalue weighted by Gasteiger charge is -2.41. The molecule has 1 aromatic carbocycles. The molecule has 0 aromatic heterocycles. The summed E-state index contributed by atoms with van der Waals surface area (Å²) in [5.74, 6) is 0. The summed E-state index contributed by atoms with van der Waals surface area (Å²) in [6.07, 6.45) is 0. The zero-order valence-corrected chi connectivity index (χ0v) is 10.5. The minimum Gasteiger partial charge on any atom is -0.314 e. The number of nitrogens with one attached hydrogen (secondary N) is 1. The van der Waals surface area contributed by atoms with Crippen molar-refractivity contribution in [1.29, 1.82) is 5.26 Å². The van der Waals surface area contributed by atoms with E-state index in [1.54, 1.807) is 0 Å². The van der Waals surface area contributed by atoms with Crippen molar-refractivity contribution in [2.75, 3.05) is 19.6 Å². The third kappa shape index (κ3) is 2.49. The molecule has 90 valence electrons. The minimum absolute atomic E-state index is 0.375. The Morgan fingerprint density at radius 1 is 1.53 bits per heavy atom. The van der Waals surface area contributed by atoms with Crippen LogP contribution in [0, 0.1) is 11.3 Å². The van der Waals surface area contributed by atoms with Crippen LogP contribution in [0.15, 0.2) is 24.3 Å². The SMILES string of the molecule is CCN(C1CNC1)C(C)c1cccc(C#N)c1. The third-order valence-corrected chi connectivity index (χ3v) is 3.59. The highest BCUT2D eigenvalue weighted by atomic mass is 15.2. The zero-order valence-electron chi connectivity index (χ0n) is 10.5. The van der Waals surface area contributed by atoms with E-state index in [2.05, 4.69) is 36.2 Å². The van der Waals surface area contributed by atoms with Crippen molar-refractivity contribution in [3.05, 3.63) is 35.4 Å². The molecule has 1 aliphatic rings. The van der Waals surface area contributed by atoms with Crippen LogP contribution in [0.3, 0.4) is 0 Å². The van der Waals surface area contributed by atoms with E-state index >= 15 is 0 Å². The summed E-state index contributed by atoms with van der Waals surface area (Å²) in [5.41, 5.74) is 1.98. The van der Waals surface area contributed by atoms with Gasteiger partial charge in [-0.2, -0.15) is 5.26 Å². The standard InChI is InChI=1S/C14H19N3/c1-3-17(14-9-16-10-14)11(2)13-6-4-5-12(7-13)8-15/h4-7,11,14,16H,3,9-10H2,1-2H3. The molecule has 1 fully saturated rings. The molecule has 0 spiro atoms. The maximum absolute atomic E-state index is 8.93. The highest BCUT2D eigenvalue weighted by Gasteiger charge is 2.27. The molecule has 3 heteroatoms. The van der Waals surface area contributed by atoms with Gasteiger partial charge in [-0.05, 0) is 31.2 Å². The molecule has 3 nitrogen and oxygen atoms in total. The lowest BCUT2D eigenvalue weighted by Crippen LogP contribution is -2.57. The Morgan fingerprint density at radius 3 is 2.82 bits per heavy atom. The number of likely N-dealkylation sites (N-methyl/N-ethyl adjacent to an activating group) is 1. The summed E-state index contributed by atoms with van der Waals surface area (Å²) in [5, 5.41) is 12.2. The maximum Gasteiger partial charge on any atom is 0.0991 e. The second-order valence-electron chi connectivity index (χ2n) is 4.56. The van der Waals surface area contributed by atoms with Gasteiger partial charge >= 0.3 is 0 Å². The topological polar surface area (TPSA) is 39.1 Å². The Balaban J connectivity index is 2.16. The number of nitrogens with zero attached hydrogens (tertiary/aromatic N) is 2. The second kappa shape index (κ2) is 5.31. The number of hydrogen-bond acceptors (Lipinski definition) is 3. The summed E-state index contributed by atoms with van der Waals surface area (Å²) in [7, 11) is 0. The molecule has 1 aliphatic heterocycles. The summed E-state index contributed by atoms with van der Waals surface area (Å²) in [6.45, 7) is 7.62. The Bertz CT molecular complexity index is 418. The molecular formula is C14H19N3. The van der Waals surface area contributed by atoms with Crippen LogP contribution in [-0.4, -0.2) is 30.6 Å². The van der Waals surface area contributed by atoms with Crippen LogP contribution in [0.5, 0.6) is 0 Å². The molecule has 1 heterocycles. The van der Waals surface area contributed by atoms with E-state index < -0.39 is 0 Å². The fourth-order valence-electron chi connectivity index (χ4n) is 2.42. The molecule has 1 saturated heterocycles. The van der Waals surface area contributed by atoms with Crippen LogP contribution in [0.2, 0.25) is 0 Å². The smallest absolute Gasteiger partial charge is 0.0991 e. The van der Waals surface area contributed by atoms with Gasteiger partial charge in [-0.3, -0.25) is 4.90 Å². The predicted octanol–water partition coefficient (Wildman–Crippen LogP) is 1.91. The van der Waals surface area contributed by atoms with E-state index in [4.69, 9.17) is 5.26 Å². The van der Waals surface area contributed by atoms with Crippen molar-refractivity contribution < 1.29 is 0 Å². The Hall–Kier alpha value is -1.37. The zero-order chi connectivity index (χ0) is 12.3. The van der Waals surface area contributed by atoms with Crippen LogP contribution >= 0.6 is 0 Å². The lowest BCUT2D eigenvalue weighted by atomic mass is 10.0. The van der Waals surface area contributed by atoms with Crippen LogP contribution in [0.25, 0.3) is 0 Å². The molecule has 0 bridgehead atoms. The van der Waals surface area contributed by atoms with Crippen LogP contribution < -0.4 is 5.32 Å². The number of rotatable bonds is 4. The molecule has 2 rings (SSSR count). The fourth-order valence-corrected chi connectivity index (χ4v) is 2.42. The summed E-state index contributed by atoms with van der Waals surface area (Å²) in [4.78, 5) is 2.49. The van der Waals surface area contributed by atoms with Crippen molar-refractivity contribution in [2.45, 2.75) is 25.9 Å². The molecule has 1 N–H and O–H groups in total. The van der Waals surface area contributed by atoms with E-state index in [1.807, 2.05) is 18.2 Å². The van der Waals surface area contributed by atoms with Crippen molar-refractivity contribution >= 4 is 0 Å². The fraction of sp³-hybridized carbons (Fsp3) is 0.500. The number of hydrogen-bond donors (Lipinski definition) is 1. The molecule has 0 saturated carbocycles. The van der Waals surface area contributed by atoms with Gasteiger partial charge in [0.1, 0.15) is 0 Å². The molecule has 1 unspecified atom stereocenters. The van der Waals surface area contributed by atoms with Crippen molar-refractivity contribution in [1.82, 2.24) is 10.2 Å². The first-order valence-electron chi connectivity index (χ1n) is 6.22. The molecule has 1 aromatic rings. The molecule has 0 amide bonds. The predicted molar refractivity (Wildman–Crippen MR) is 68.6 cm³/mol. The summed E-state index contributed by atoms with van der Waals surface area (Å²) in [6, 6.07) is 11.2. The van der Waals surface area contributed by atoms with Gasteiger partial charge in [0.15, 0.2) is 0 Å². The molecule has 0 radical (unpaired) electrons. The van der Waals surface area contributed by atoms with Gasteiger partial charge in [-0.25, -0.2) is 0 Å². The van der Waals surface area contributed by atoms with Gasteiger partial charge < -0.3 is 5.32 Å². The van der Waals surface area contributed by atoms with Gasteiger partial charge in [-0.15, -0.1) is 0 Å². The van der Waals surface area contributed by atoms with Crippen molar-refractivity contribution in [3.63, 3.8) is 0 Å². The van der Waals surface area contributed by atoms with Gasteiger partial charge in [0.05, 0.1) is 11.6 Å². The molecule has 0 aliphatic carbocycles. The minimum atomic E-state index is 0.375. The molecule has 17 heavy (non-hydrogen) atoms. The quantitative estimate of drug-likeness (QED) is 0.857. The Kier molecular flexibility index (Phi) is 3.78. The lowest BCUT2D eigenvalue weighted by molar-refractivity contribution is 0.110. The maximum atomic E-state index is 8.93. The Labute approximate surface area is 103 Å². The Morgan fingerprint density at radius 2 is 2.29 bits per heavy atom. The number of nitriles is 1. The van der Waals surface area contributed by atoms with E-state index in [9.17, 15) is 0 Å². The summed E-state index contributed by atoms with van der Waals surface area (Å²) >= 11 is 0. The van der Waals surface area contributed by atoms with E-state index in [0.717, 1.165) is 25.2 Å². The first-order chi connectivity index (χ1) is 8.26. The highest BCUT2D eigenvalue weighted by molar-refractivity contribution is 5.34. The molecular weight excluding hydrogens is 210 g/mol. The second-order valence-corrected chi connectivity index (χ2v) is 4.56. The van der Waals surface area contributed by atoms with E-state index in [1.165, 1.54) is 5.56 Å². The van der Waals surface area contributed by atoms with E-state index in [0.29, 0.717) is 12.1 Å². The van der Waals surface area contributed by atoms with Crippen LogP contribution in [-0.2, 0) is 0 Å². The first kappa shape index (κ1) is 12.1. The molecule has 1 atom stereocenters. The van der Waals surface area contributed by atoms with Gasteiger partial charge in [0.25, 0.3) is 0 Å². The average molecular weight is 229 g/mol. The van der Waals surface area contributed by atoms with Gasteiger partial charge in [0, 0.05) is 25.2 Å². The third-order valence-electron chi connectivity index (χ3n) is 3.59. The van der Waals surface area contributed by atoms with Gasteiger partial charge in [0.2, 0.25) is 0 Å². The normalized spacial score (nSPS) is 17.5. The van der Waals surface area contributed by atoms with Crippen molar-refractivity contribution in [3.8, 4) is 6.07 Å².